The van der Waals surface area contributed by atoms with Crippen LogP contribution in [0.5, 0.6) is 0 Å². The number of hydrogen-bond donors (Lipinski definition) is 3. The van der Waals surface area contributed by atoms with Crippen LogP contribution in [0.3, 0.4) is 0 Å². The first-order valence-electron chi connectivity index (χ1n) is 14.8. The number of Topliss-reactive ketones (excluding diaryl/α,β-unsaturated/α-hetero) is 1. The molecule has 236 valence electrons. The fraction of sp³-hybridized carbons (Fsp3) is 0.633. The highest BCUT2D eigenvalue weighted by Gasteiger charge is 2.53. The first-order valence-corrected chi connectivity index (χ1v) is 16.7. The highest BCUT2D eigenvalue weighted by Crippen LogP contribution is 2.39. The molecule has 2 saturated heterocycles. The predicted octanol–water partition coefficient (Wildman–Crippen LogP) is 0.822. The van der Waals surface area contributed by atoms with Gasteiger partial charge in [0.2, 0.25) is 11.8 Å². The SMILES string of the molecule is C[C@]1(C(=O)[C@@H](C(=O)NC(c2ccc(S(C)(=O)=O)cc2)[C@@H](C=O)NC[C@H](C=O)NC(=O)C2CCCCO2)C2CCCC2)CO1. The molecule has 0 radical (unpaired) electrons. The minimum Gasteiger partial charge on any atom is -0.368 e. The molecule has 4 rings (SSSR count). The smallest absolute Gasteiger partial charge is 0.249 e. The molecule has 2 heterocycles. The first kappa shape index (κ1) is 32.9. The van der Waals surface area contributed by atoms with Gasteiger partial charge in [-0.3, -0.25) is 14.4 Å². The van der Waals surface area contributed by atoms with Crippen molar-refractivity contribution < 1.29 is 41.9 Å². The zero-order chi connectivity index (χ0) is 31.2. The van der Waals surface area contributed by atoms with E-state index in [-0.39, 0.29) is 29.7 Å². The van der Waals surface area contributed by atoms with Gasteiger partial charge in [-0.05, 0) is 62.6 Å². The topological polar surface area (TPSA) is 177 Å². The minimum absolute atomic E-state index is 0.0587. The summed E-state index contributed by atoms with van der Waals surface area (Å²) in [6.07, 6.45) is 7.02. The lowest BCUT2D eigenvalue weighted by atomic mass is 9.81. The van der Waals surface area contributed by atoms with E-state index in [0.29, 0.717) is 44.0 Å². The maximum Gasteiger partial charge on any atom is 0.249 e. The molecule has 1 aliphatic carbocycles. The van der Waals surface area contributed by atoms with Crippen LogP contribution in [0.25, 0.3) is 0 Å². The molecule has 3 fully saturated rings. The van der Waals surface area contributed by atoms with Crippen molar-refractivity contribution in [2.75, 3.05) is 26.0 Å². The summed E-state index contributed by atoms with van der Waals surface area (Å²) in [6.45, 7) is 2.23. The number of aldehydes is 2. The maximum absolute atomic E-state index is 13.8. The Labute approximate surface area is 251 Å². The van der Waals surface area contributed by atoms with Crippen LogP contribution in [-0.2, 0) is 43.3 Å². The Bertz CT molecular complexity index is 1280. The number of amides is 2. The van der Waals surface area contributed by atoms with Crippen LogP contribution < -0.4 is 16.0 Å². The van der Waals surface area contributed by atoms with E-state index in [9.17, 15) is 32.4 Å². The number of carbonyl (C=O) groups is 5. The summed E-state index contributed by atoms with van der Waals surface area (Å²) < 4.78 is 34.9. The molecule has 12 nitrogen and oxygen atoms in total. The molecule has 0 spiro atoms. The molecule has 0 aromatic heterocycles. The quantitative estimate of drug-likeness (QED) is 0.145. The first-order chi connectivity index (χ1) is 20.5. The number of sulfone groups is 1. The number of benzene rings is 1. The molecule has 1 aromatic rings. The summed E-state index contributed by atoms with van der Waals surface area (Å²) in [5.74, 6) is -2.41. The standard InChI is InChI=1S/C30H41N3O9S/c1-30(18-42-30)27(36)25(19-7-3-4-8-19)29(38)33-26(20-10-12-22(13-11-20)43(2,39)40)23(17-35)31-15-21(16-34)32-28(37)24-9-5-6-14-41-24/h10-13,16-17,19,21,23-26,31H,3-9,14-15,18H2,1-2H3,(H,32,37)(H,33,38)/t21-,23-,24?,25+,26?,30-/m1/s1. The molecule has 13 heteroatoms. The van der Waals surface area contributed by atoms with E-state index in [0.717, 1.165) is 31.9 Å². The molecule has 2 aliphatic heterocycles. The summed E-state index contributed by atoms with van der Waals surface area (Å²) in [6, 6.07) is 2.65. The van der Waals surface area contributed by atoms with E-state index in [1.165, 1.54) is 24.3 Å². The third-order valence-electron chi connectivity index (χ3n) is 8.54. The summed E-state index contributed by atoms with van der Waals surface area (Å²) >= 11 is 0. The van der Waals surface area contributed by atoms with Crippen molar-refractivity contribution >= 4 is 40.0 Å². The molecule has 2 unspecified atom stereocenters. The number of rotatable bonds is 15. The van der Waals surface area contributed by atoms with Crippen LogP contribution in [0.15, 0.2) is 29.2 Å². The van der Waals surface area contributed by atoms with Crippen molar-refractivity contribution in [3.05, 3.63) is 29.8 Å². The van der Waals surface area contributed by atoms with Crippen LogP contribution >= 0.6 is 0 Å². The van der Waals surface area contributed by atoms with Crippen molar-refractivity contribution in [3.63, 3.8) is 0 Å². The molecule has 2 amide bonds. The Balaban J connectivity index is 1.55. The molecule has 43 heavy (non-hydrogen) atoms. The second-order valence-corrected chi connectivity index (χ2v) is 13.9. The van der Waals surface area contributed by atoms with E-state index in [2.05, 4.69) is 16.0 Å². The summed E-state index contributed by atoms with van der Waals surface area (Å²) in [5, 5.41) is 8.47. The zero-order valence-corrected chi connectivity index (χ0v) is 25.4. The second kappa shape index (κ2) is 14.2. The van der Waals surface area contributed by atoms with E-state index in [1.807, 2.05) is 0 Å². The molecule has 0 bridgehead atoms. The number of epoxide rings is 1. The van der Waals surface area contributed by atoms with Crippen molar-refractivity contribution in [2.24, 2.45) is 11.8 Å². The van der Waals surface area contributed by atoms with E-state index in [4.69, 9.17) is 9.47 Å². The largest absolute Gasteiger partial charge is 0.368 e. The number of hydrogen-bond acceptors (Lipinski definition) is 10. The van der Waals surface area contributed by atoms with E-state index >= 15 is 0 Å². The van der Waals surface area contributed by atoms with Gasteiger partial charge in [-0.1, -0.05) is 25.0 Å². The van der Waals surface area contributed by atoms with E-state index in [1.54, 1.807) is 6.92 Å². The Morgan fingerprint density at radius 3 is 2.19 bits per heavy atom. The molecular weight excluding hydrogens is 578 g/mol. The fourth-order valence-electron chi connectivity index (χ4n) is 5.83. The summed E-state index contributed by atoms with van der Waals surface area (Å²) in [5.41, 5.74) is -0.601. The lowest BCUT2D eigenvalue weighted by Gasteiger charge is -2.30. The molecule has 1 saturated carbocycles. The van der Waals surface area contributed by atoms with Gasteiger partial charge >= 0.3 is 0 Å². The Hall–Kier alpha value is -3.00. The molecule has 6 atom stereocenters. The van der Waals surface area contributed by atoms with Crippen molar-refractivity contribution in [3.8, 4) is 0 Å². The second-order valence-electron chi connectivity index (χ2n) is 11.9. The predicted molar refractivity (Wildman–Crippen MR) is 155 cm³/mol. The lowest BCUT2D eigenvalue weighted by molar-refractivity contribution is -0.139. The van der Waals surface area contributed by atoms with Gasteiger partial charge in [-0.2, -0.15) is 0 Å². The Morgan fingerprint density at radius 2 is 1.65 bits per heavy atom. The van der Waals surface area contributed by atoms with Gasteiger partial charge in [-0.25, -0.2) is 8.42 Å². The van der Waals surface area contributed by atoms with Gasteiger partial charge in [0.1, 0.15) is 30.2 Å². The average molecular weight is 620 g/mol. The van der Waals surface area contributed by atoms with Crippen molar-refractivity contribution in [2.45, 2.75) is 86.6 Å². The molecular formula is C30H41N3O9S. The maximum atomic E-state index is 13.8. The highest BCUT2D eigenvalue weighted by atomic mass is 32.2. The van der Waals surface area contributed by atoms with Crippen LogP contribution in [-0.4, -0.2) is 88.4 Å². The Kier molecular flexibility index (Phi) is 10.9. The minimum atomic E-state index is -3.51. The van der Waals surface area contributed by atoms with Gasteiger partial charge in [0.25, 0.3) is 0 Å². The molecule has 1 aromatic carbocycles. The average Bonchev–Trinajstić information content (AvgIpc) is 3.53. The van der Waals surface area contributed by atoms with Crippen molar-refractivity contribution in [1.82, 2.24) is 16.0 Å². The normalized spacial score (nSPS) is 25.1. The van der Waals surface area contributed by atoms with E-state index < -0.39 is 57.4 Å². The number of ether oxygens (including phenoxy) is 2. The van der Waals surface area contributed by atoms with Crippen LogP contribution in [0.2, 0.25) is 0 Å². The van der Waals surface area contributed by atoms with Gasteiger partial charge in [-0.15, -0.1) is 0 Å². The van der Waals surface area contributed by atoms with Gasteiger partial charge in [0.15, 0.2) is 15.6 Å². The monoisotopic (exact) mass is 619 g/mol. The van der Waals surface area contributed by atoms with Crippen LogP contribution in [0.1, 0.15) is 63.5 Å². The van der Waals surface area contributed by atoms with Crippen LogP contribution in [0, 0.1) is 11.8 Å². The Morgan fingerprint density at radius 1 is 1.00 bits per heavy atom. The number of carbonyl (C=O) groups excluding carboxylic acids is 5. The molecule has 3 aliphatic rings. The van der Waals surface area contributed by atoms with Crippen molar-refractivity contribution in [1.29, 1.82) is 0 Å². The van der Waals surface area contributed by atoms with Crippen LogP contribution in [0.4, 0.5) is 0 Å². The molecule has 3 N–H and O–H groups in total. The third-order valence-corrected chi connectivity index (χ3v) is 9.67. The van der Waals surface area contributed by atoms with Gasteiger partial charge < -0.3 is 35.0 Å². The summed E-state index contributed by atoms with van der Waals surface area (Å²) in [7, 11) is -3.51. The van der Waals surface area contributed by atoms with Gasteiger partial charge in [0.05, 0.1) is 29.6 Å². The highest BCUT2D eigenvalue weighted by molar-refractivity contribution is 7.90. The zero-order valence-electron chi connectivity index (χ0n) is 24.6. The summed E-state index contributed by atoms with van der Waals surface area (Å²) in [4.78, 5) is 64.2. The fourth-order valence-corrected chi connectivity index (χ4v) is 6.46. The third kappa shape index (κ3) is 8.34. The lowest BCUT2D eigenvalue weighted by Crippen LogP contribution is -2.54. The number of ketones is 1. The number of nitrogens with one attached hydrogen (secondary N) is 3. The van der Waals surface area contributed by atoms with Gasteiger partial charge in [0, 0.05) is 19.4 Å².